The Labute approximate surface area is 282 Å². The van der Waals surface area contributed by atoms with E-state index in [1.54, 1.807) is 0 Å². The van der Waals surface area contributed by atoms with Crippen LogP contribution in [0.4, 0.5) is 0 Å². The molecule has 2 N–H and O–H groups in total. The predicted octanol–water partition coefficient (Wildman–Crippen LogP) is -11.6. The fourth-order valence-electron chi connectivity index (χ4n) is 2.67. The molecule has 0 aromatic heterocycles. The Balaban J connectivity index is -0.0000000744. The fourth-order valence-corrected chi connectivity index (χ4v) is 2.67. The SMILES string of the molecule is CCCCCCC(O)CCCCCCCCCCC(=O)O.[Al+3].[Al+3].[Al+3].[Al+3].[O-][Si]([O-])([O-])[O-].[O-][Si]([O-])([O-])[O-].[O-][Si]([O-])([O-])[O-]. The zero-order chi connectivity index (χ0) is 29.3. The Bertz CT molecular complexity index is 440. The van der Waals surface area contributed by atoms with Crippen LogP contribution in [0, 0.1) is 0 Å². The van der Waals surface area contributed by atoms with Crippen molar-refractivity contribution < 1.29 is 72.6 Å². The van der Waals surface area contributed by atoms with Gasteiger partial charge in [0.25, 0.3) is 0 Å². The molecule has 0 fully saturated rings. The van der Waals surface area contributed by atoms with Crippen molar-refractivity contribution in [3.8, 4) is 0 Å². The van der Waals surface area contributed by atoms with Crippen LogP contribution < -0.4 is 57.5 Å². The zero-order valence-electron chi connectivity index (χ0n) is 22.7. The van der Waals surface area contributed by atoms with Crippen LogP contribution in [0.5, 0.6) is 0 Å². The Morgan fingerprint density at radius 3 is 1.00 bits per heavy atom. The average Bonchev–Trinajstić information content (AvgIpc) is 2.62. The van der Waals surface area contributed by atoms with Crippen molar-refractivity contribution in [2.45, 2.75) is 109 Å². The van der Waals surface area contributed by atoms with Gasteiger partial charge < -0.3 is 94.9 Å². The zero-order valence-corrected chi connectivity index (χ0v) is 30.3. The molecule has 0 aromatic carbocycles. The number of rotatable bonds is 16. The maximum absolute atomic E-state index is 10.3. The van der Waals surface area contributed by atoms with Gasteiger partial charge in [-0.05, 0) is 19.3 Å². The van der Waals surface area contributed by atoms with E-state index in [9.17, 15) is 9.90 Å². The van der Waals surface area contributed by atoms with Crippen molar-refractivity contribution in [2.75, 3.05) is 0 Å². The van der Waals surface area contributed by atoms with Crippen molar-refractivity contribution in [2.24, 2.45) is 0 Å². The molecule has 0 aliphatic rings. The molecule has 40 heavy (non-hydrogen) atoms. The maximum Gasteiger partial charge on any atom is 3.00 e. The molecule has 0 aliphatic carbocycles. The minimum Gasteiger partial charge on any atom is -0.894 e. The second kappa shape index (κ2) is 38.8. The quantitative estimate of drug-likeness (QED) is 0.113. The number of aliphatic hydroxyl groups excluding tert-OH is 1. The number of carboxylic acids is 1. The average molecular weight is 685 g/mol. The fraction of sp³-hybridized carbons (Fsp3) is 0.944. The van der Waals surface area contributed by atoms with Crippen molar-refractivity contribution in [3.63, 3.8) is 0 Å². The Hall–Kier alpha value is 1.73. The standard InChI is InChI=1S/C18H36O3.4Al.3O4Si/c1-2-3-4-11-14-17(19)15-12-9-7-5-6-8-10-13-16-18(20)21;;;;;3*1-5(2,3)4/h17,19H,2-16H2,1H3,(H,20,21);;;;;;;/q;4*+3;3*-4. The second-order valence-electron chi connectivity index (χ2n) is 7.76. The van der Waals surface area contributed by atoms with Crippen LogP contribution in [0.2, 0.25) is 0 Å². The van der Waals surface area contributed by atoms with Crippen molar-refractivity contribution in [1.29, 1.82) is 0 Å². The summed E-state index contributed by atoms with van der Waals surface area (Å²) in [6, 6.07) is 0. The van der Waals surface area contributed by atoms with Gasteiger partial charge in [-0.15, -0.1) is 0 Å². The van der Waals surface area contributed by atoms with Gasteiger partial charge in [0.15, 0.2) is 0 Å². The maximum atomic E-state index is 10.3. The first kappa shape index (κ1) is 60.8. The van der Waals surface area contributed by atoms with Crippen LogP contribution >= 0.6 is 0 Å². The summed E-state index contributed by atoms with van der Waals surface area (Å²) in [5.74, 6) is -0.678. The van der Waals surface area contributed by atoms with Gasteiger partial charge in [-0.25, -0.2) is 0 Å². The van der Waals surface area contributed by atoms with E-state index in [2.05, 4.69) is 6.92 Å². The molecule has 0 amide bonds. The number of hydrogen-bond acceptors (Lipinski definition) is 14. The summed E-state index contributed by atoms with van der Waals surface area (Å²) in [7, 11) is -16.8. The molecule has 1 unspecified atom stereocenters. The molecular formula is C18H36Al4O15Si3. The first-order valence-electron chi connectivity index (χ1n) is 11.5. The van der Waals surface area contributed by atoms with Gasteiger partial charge in [0.05, 0.1) is 6.10 Å². The third kappa shape index (κ3) is 139. The van der Waals surface area contributed by atoms with E-state index in [1.807, 2.05) is 0 Å². The van der Waals surface area contributed by atoms with E-state index in [1.165, 1.54) is 51.4 Å². The summed E-state index contributed by atoms with van der Waals surface area (Å²) in [4.78, 5) is 113. The minimum absolute atomic E-state index is 0. The molecule has 0 saturated carbocycles. The van der Waals surface area contributed by atoms with Gasteiger partial charge in [-0.2, -0.15) is 0 Å². The summed E-state index contributed by atoms with van der Waals surface area (Å²) in [6.07, 6.45) is 16.3. The van der Waals surface area contributed by atoms with E-state index in [0.29, 0.717) is 6.42 Å². The number of carboxylic acid groups (broad SMARTS) is 1. The molecule has 0 rings (SSSR count). The summed E-state index contributed by atoms with van der Waals surface area (Å²) in [5, 5.41) is 18.4. The molecule has 0 heterocycles. The molecule has 1 atom stereocenters. The molecule has 0 aromatic rings. The Morgan fingerprint density at radius 1 is 0.525 bits per heavy atom. The van der Waals surface area contributed by atoms with E-state index < -0.39 is 33.1 Å². The molecule has 0 spiro atoms. The van der Waals surface area contributed by atoms with Crippen LogP contribution in [-0.4, -0.2) is 119 Å². The third-order valence-corrected chi connectivity index (χ3v) is 4.07. The monoisotopic (exact) mass is 684 g/mol. The predicted molar refractivity (Wildman–Crippen MR) is 129 cm³/mol. The summed E-state index contributed by atoms with van der Waals surface area (Å²) >= 11 is 0. The summed E-state index contributed by atoms with van der Waals surface area (Å²) in [6.45, 7) is 2.21. The Kier molecular flexibility index (Phi) is 59.0. The molecule has 222 valence electrons. The summed E-state index contributed by atoms with van der Waals surface area (Å²) in [5.41, 5.74) is 0. The molecule has 0 bridgehead atoms. The van der Waals surface area contributed by atoms with Gasteiger partial charge in [-0.1, -0.05) is 77.6 Å². The van der Waals surface area contributed by atoms with Crippen molar-refractivity contribution in [3.05, 3.63) is 0 Å². The topological polar surface area (TPSA) is 334 Å². The first-order valence-corrected chi connectivity index (χ1v) is 16.4. The molecule has 0 radical (unpaired) electrons. The molecule has 15 nitrogen and oxygen atoms in total. The molecule has 0 saturated heterocycles. The van der Waals surface area contributed by atoms with E-state index in [-0.39, 0.29) is 75.5 Å². The van der Waals surface area contributed by atoms with Crippen LogP contribution in [-0.2, 0) is 4.79 Å². The number of aliphatic carboxylic acids is 1. The molecular weight excluding hydrogens is 648 g/mol. The molecule has 0 aliphatic heterocycles. The number of hydrogen-bond donors (Lipinski definition) is 2. The van der Waals surface area contributed by atoms with Gasteiger partial charge in [0, 0.05) is 6.42 Å². The molecule has 22 heteroatoms. The van der Waals surface area contributed by atoms with Crippen molar-refractivity contribution >= 4 is 103 Å². The van der Waals surface area contributed by atoms with Gasteiger partial charge >= 0.3 is 75.4 Å². The van der Waals surface area contributed by atoms with E-state index in [4.69, 9.17) is 62.7 Å². The summed E-state index contributed by atoms with van der Waals surface area (Å²) < 4.78 is 0. The minimum atomic E-state index is -5.61. The van der Waals surface area contributed by atoms with Crippen LogP contribution in [0.3, 0.4) is 0 Å². The largest absolute Gasteiger partial charge is 3.00 e. The first-order chi connectivity index (χ1) is 16.2. The van der Waals surface area contributed by atoms with E-state index in [0.717, 1.165) is 38.5 Å². The second-order valence-corrected chi connectivity index (χ2v) is 10.8. The van der Waals surface area contributed by atoms with E-state index >= 15 is 0 Å². The number of carbonyl (C=O) groups is 1. The number of aliphatic hydroxyl groups is 1. The van der Waals surface area contributed by atoms with Gasteiger partial charge in [-0.3, -0.25) is 4.79 Å². The third-order valence-electron chi connectivity index (χ3n) is 4.07. The van der Waals surface area contributed by atoms with Crippen LogP contribution in [0.15, 0.2) is 0 Å². The normalized spacial score (nSPS) is 11.1. The van der Waals surface area contributed by atoms with Crippen molar-refractivity contribution in [1.82, 2.24) is 0 Å². The van der Waals surface area contributed by atoms with Crippen LogP contribution in [0.1, 0.15) is 103 Å². The Morgan fingerprint density at radius 2 is 0.750 bits per heavy atom. The number of unbranched alkanes of at least 4 members (excludes halogenated alkanes) is 10. The van der Waals surface area contributed by atoms with Gasteiger partial charge in [0.2, 0.25) is 0 Å². The van der Waals surface area contributed by atoms with Gasteiger partial charge in [0.1, 0.15) is 0 Å². The smallest absolute Gasteiger partial charge is 0.894 e. The van der Waals surface area contributed by atoms with Crippen LogP contribution in [0.25, 0.3) is 0 Å².